The van der Waals surface area contributed by atoms with Crippen LogP contribution >= 0.6 is 22.6 Å². The molecule has 1 rings (SSSR count). The van der Waals surface area contributed by atoms with E-state index in [1.54, 1.807) is 0 Å². The summed E-state index contributed by atoms with van der Waals surface area (Å²) in [6.07, 6.45) is 0. The average Bonchev–Trinajstić information content (AvgIpc) is 2.09. The molecule has 0 aliphatic carbocycles. The van der Waals surface area contributed by atoms with Crippen molar-refractivity contribution < 1.29 is 5.11 Å². The van der Waals surface area contributed by atoms with Crippen molar-refractivity contribution in [1.82, 2.24) is 0 Å². The summed E-state index contributed by atoms with van der Waals surface area (Å²) in [7, 11) is 0. The minimum Gasteiger partial charge on any atom is -0.394 e. The van der Waals surface area contributed by atoms with Crippen LogP contribution in [0.4, 0.5) is 0 Å². The predicted molar refractivity (Wildman–Crippen MR) is 62.5 cm³/mol. The van der Waals surface area contributed by atoms with Crippen LogP contribution in [0.2, 0.25) is 0 Å². The van der Waals surface area contributed by atoms with Crippen molar-refractivity contribution in [3.05, 3.63) is 32.9 Å². The summed E-state index contributed by atoms with van der Waals surface area (Å²) in [6.45, 7) is 3.83. The van der Waals surface area contributed by atoms with Gasteiger partial charge in [0.05, 0.1) is 12.1 Å². The van der Waals surface area contributed by atoms with Crippen molar-refractivity contribution >= 4 is 22.6 Å². The number of aliphatic hydroxyl groups is 1. The molecule has 0 fully saturated rings. The van der Waals surface area contributed by atoms with Gasteiger partial charge in [0.25, 0.3) is 0 Å². The SMILES string of the molecule is Cc1cc([C@](C)(N)CO)ccc1I. The maximum atomic E-state index is 9.08. The van der Waals surface area contributed by atoms with Crippen molar-refractivity contribution in [2.45, 2.75) is 19.4 Å². The molecule has 3 heteroatoms. The molecule has 1 aromatic carbocycles. The number of hydrogen-bond acceptors (Lipinski definition) is 2. The van der Waals surface area contributed by atoms with E-state index < -0.39 is 5.54 Å². The Kier molecular flexibility index (Phi) is 3.32. The van der Waals surface area contributed by atoms with E-state index in [1.165, 1.54) is 9.13 Å². The van der Waals surface area contributed by atoms with Crippen molar-refractivity contribution in [2.24, 2.45) is 5.73 Å². The maximum absolute atomic E-state index is 9.08. The second-order valence-electron chi connectivity index (χ2n) is 3.54. The van der Waals surface area contributed by atoms with E-state index in [-0.39, 0.29) is 6.61 Å². The lowest BCUT2D eigenvalue weighted by Crippen LogP contribution is -2.36. The fourth-order valence-corrected chi connectivity index (χ4v) is 1.43. The molecule has 0 aliphatic heterocycles. The third kappa shape index (κ3) is 2.42. The molecule has 1 aromatic rings. The van der Waals surface area contributed by atoms with Crippen LogP contribution in [0.5, 0.6) is 0 Å². The van der Waals surface area contributed by atoms with Gasteiger partial charge in [-0.3, -0.25) is 0 Å². The van der Waals surface area contributed by atoms with E-state index in [0.717, 1.165) is 5.56 Å². The fraction of sp³-hybridized carbons (Fsp3) is 0.400. The van der Waals surface area contributed by atoms with Gasteiger partial charge in [-0.15, -0.1) is 0 Å². The van der Waals surface area contributed by atoms with Gasteiger partial charge >= 0.3 is 0 Å². The van der Waals surface area contributed by atoms with Crippen molar-refractivity contribution in [3.8, 4) is 0 Å². The van der Waals surface area contributed by atoms with Gasteiger partial charge in [-0.1, -0.05) is 12.1 Å². The Morgan fingerprint density at radius 1 is 1.54 bits per heavy atom. The quantitative estimate of drug-likeness (QED) is 0.816. The Balaban J connectivity index is 3.10. The van der Waals surface area contributed by atoms with Crippen molar-refractivity contribution in [3.63, 3.8) is 0 Å². The highest BCUT2D eigenvalue weighted by molar-refractivity contribution is 14.1. The summed E-state index contributed by atoms with van der Waals surface area (Å²) in [4.78, 5) is 0. The molecule has 2 nitrogen and oxygen atoms in total. The summed E-state index contributed by atoms with van der Waals surface area (Å²) in [5.74, 6) is 0. The molecule has 13 heavy (non-hydrogen) atoms. The molecule has 0 amide bonds. The maximum Gasteiger partial charge on any atom is 0.0650 e. The third-order valence-electron chi connectivity index (χ3n) is 2.15. The summed E-state index contributed by atoms with van der Waals surface area (Å²) >= 11 is 2.28. The Morgan fingerprint density at radius 2 is 2.15 bits per heavy atom. The van der Waals surface area contributed by atoms with E-state index in [1.807, 2.05) is 32.0 Å². The molecular weight excluding hydrogens is 277 g/mol. The monoisotopic (exact) mass is 291 g/mol. The molecular formula is C10H14INO. The van der Waals surface area contributed by atoms with E-state index in [4.69, 9.17) is 10.8 Å². The van der Waals surface area contributed by atoms with Crippen molar-refractivity contribution in [1.29, 1.82) is 0 Å². The van der Waals surface area contributed by atoms with Gasteiger partial charge in [0.1, 0.15) is 0 Å². The van der Waals surface area contributed by atoms with Gasteiger partial charge in [-0.25, -0.2) is 0 Å². The van der Waals surface area contributed by atoms with Gasteiger partial charge in [0, 0.05) is 3.57 Å². The highest BCUT2D eigenvalue weighted by Crippen LogP contribution is 2.21. The number of halogens is 1. The predicted octanol–water partition coefficient (Wildman–Crippen LogP) is 1.77. The van der Waals surface area contributed by atoms with E-state index in [2.05, 4.69) is 22.6 Å². The largest absolute Gasteiger partial charge is 0.394 e. The highest BCUT2D eigenvalue weighted by atomic mass is 127. The van der Waals surface area contributed by atoms with E-state index in [0.29, 0.717) is 0 Å². The second-order valence-corrected chi connectivity index (χ2v) is 4.70. The standard InChI is InChI=1S/C10H14INO/c1-7-5-8(3-4-9(7)11)10(2,12)6-13/h3-5,13H,6,12H2,1-2H3/t10-/m1/s1. The zero-order valence-corrected chi connectivity index (χ0v) is 10.00. The van der Waals surface area contributed by atoms with E-state index >= 15 is 0 Å². The van der Waals surface area contributed by atoms with Crippen LogP contribution in [0.15, 0.2) is 18.2 Å². The number of aryl methyl sites for hydroxylation is 1. The van der Waals surface area contributed by atoms with Crippen LogP contribution in [0.25, 0.3) is 0 Å². The van der Waals surface area contributed by atoms with Crippen LogP contribution in [0, 0.1) is 10.5 Å². The van der Waals surface area contributed by atoms with Crippen LogP contribution in [-0.2, 0) is 5.54 Å². The van der Waals surface area contributed by atoms with Crippen LogP contribution < -0.4 is 5.73 Å². The number of hydrogen-bond donors (Lipinski definition) is 2. The summed E-state index contributed by atoms with van der Waals surface area (Å²) in [5, 5.41) is 9.08. The topological polar surface area (TPSA) is 46.2 Å². The molecule has 0 heterocycles. The third-order valence-corrected chi connectivity index (χ3v) is 3.36. The molecule has 0 unspecified atom stereocenters. The molecule has 0 bridgehead atoms. The van der Waals surface area contributed by atoms with Gasteiger partial charge in [-0.2, -0.15) is 0 Å². The van der Waals surface area contributed by atoms with Gasteiger partial charge in [0.15, 0.2) is 0 Å². The van der Waals surface area contributed by atoms with Crippen LogP contribution in [0.3, 0.4) is 0 Å². The summed E-state index contributed by atoms with van der Waals surface area (Å²) in [5.41, 5.74) is 7.45. The lowest BCUT2D eigenvalue weighted by atomic mass is 9.93. The molecule has 1 atom stereocenters. The lowest BCUT2D eigenvalue weighted by Gasteiger charge is -2.22. The Labute approximate surface area is 92.3 Å². The summed E-state index contributed by atoms with van der Waals surface area (Å²) < 4.78 is 1.22. The Hall–Kier alpha value is -0.130. The highest BCUT2D eigenvalue weighted by Gasteiger charge is 2.19. The number of nitrogens with two attached hydrogens (primary N) is 1. The lowest BCUT2D eigenvalue weighted by molar-refractivity contribution is 0.210. The number of rotatable bonds is 2. The molecule has 3 N–H and O–H groups in total. The van der Waals surface area contributed by atoms with Crippen LogP contribution in [-0.4, -0.2) is 11.7 Å². The first-order valence-corrected chi connectivity index (χ1v) is 5.21. The molecule has 0 spiro atoms. The number of aliphatic hydroxyl groups excluding tert-OH is 1. The first-order valence-electron chi connectivity index (χ1n) is 4.14. The Morgan fingerprint density at radius 3 is 2.62 bits per heavy atom. The Bertz CT molecular complexity index is 310. The minimum atomic E-state index is -0.630. The zero-order valence-electron chi connectivity index (χ0n) is 7.84. The number of benzene rings is 1. The first-order chi connectivity index (χ1) is 5.97. The molecule has 0 saturated carbocycles. The van der Waals surface area contributed by atoms with Crippen molar-refractivity contribution in [2.75, 3.05) is 6.61 Å². The van der Waals surface area contributed by atoms with Gasteiger partial charge in [-0.05, 0) is 53.6 Å². The smallest absolute Gasteiger partial charge is 0.0650 e. The summed E-state index contributed by atoms with van der Waals surface area (Å²) in [6, 6.07) is 6.01. The zero-order chi connectivity index (χ0) is 10.1. The van der Waals surface area contributed by atoms with Gasteiger partial charge < -0.3 is 10.8 Å². The van der Waals surface area contributed by atoms with Crippen LogP contribution in [0.1, 0.15) is 18.1 Å². The molecule has 0 aromatic heterocycles. The normalized spacial score (nSPS) is 15.5. The second kappa shape index (κ2) is 3.94. The molecule has 0 saturated heterocycles. The first kappa shape index (κ1) is 10.9. The molecule has 0 aliphatic rings. The molecule has 72 valence electrons. The fourth-order valence-electron chi connectivity index (χ4n) is 1.09. The molecule has 0 radical (unpaired) electrons. The average molecular weight is 291 g/mol. The van der Waals surface area contributed by atoms with Gasteiger partial charge in [0.2, 0.25) is 0 Å². The minimum absolute atomic E-state index is 0.0347. The van der Waals surface area contributed by atoms with E-state index in [9.17, 15) is 0 Å².